The summed E-state index contributed by atoms with van der Waals surface area (Å²) in [7, 11) is 0. The van der Waals surface area contributed by atoms with Crippen LogP contribution in [0, 0.1) is 11.6 Å². The molecule has 0 saturated heterocycles. The van der Waals surface area contributed by atoms with E-state index in [9.17, 15) is 8.78 Å². The van der Waals surface area contributed by atoms with Gasteiger partial charge in [-0.05, 0) is 57.4 Å². The van der Waals surface area contributed by atoms with Crippen molar-refractivity contribution in [2.45, 2.75) is 6.42 Å². The molecular formula is C17H10BrClF2N2O. The first-order chi connectivity index (χ1) is 11.5. The molecule has 0 aliphatic rings. The highest BCUT2D eigenvalue weighted by Crippen LogP contribution is 2.21. The summed E-state index contributed by atoms with van der Waals surface area (Å²) in [4.78, 5) is 0. The van der Waals surface area contributed by atoms with Crippen LogP contribution in [0.1, 0.15) is 22.9 Å². The van der Waals surface area contributed by atoms with E-state index in [-0.39, 0.29) is 5.82 Å². The van der Waals surface area contributed by atoms with Gasteiger partial charge in [-0.3, -0.25) is 0 Å². The van der Waals surface area contributed by atoms with E-state index in [1.165, 1.54) is 18.2 Å². The SMILES string of the molecule is Fc1ccc(C=Cc2nnc(Cc3ccc(F)c(Br)c3)o2)c(Cl)c1. The van der Waals surface area contributed by atoms with Crippen LogP contribution < -0.4 is 0 Å². The average Bonchev–Trinajstić information content (AvgIpc) is 2.98. The maximum Gasteiger partial charge on any atom is 0.240 e. The molecule has 0 amide bonds. The highest BCUT2D eigenvalue weighted by molar-refractivity contribution is 9.10. The third kappa shape index (κ3) is 4.07. The second-order valence-corrected chi connectivity index (χ2v) is 6.22. The highest BCUT2D eigenvalue weighted by atomic mass is 79.9. The monoisotopic (exact) mass is 410 g/mol. The van der Waals surface area contributed by atoms with Crippen LogP contribution in [0.3, 0.4) is 0 Å². The van der Waals surface area contributed by atoms with Gasteiger partial charge in [0.2, 0.25) is 11.8 Å². The van der Waals surface area contributed by atoms with Crippen molar-refractivity contribution in [2.24, 2.45) is 0 Å². The number of nitrogens with zero attached hydrogens (tertiary/aromatic N) is 2. The fraction of sp³-hybridized carbons (Fsp3) is 0.0588. The van der Waals surface area contributed by atoms with Gasteiger partial charge >= 0.3 is 0 Å². The van der Waals surface area contributed by atoms with Crippen LogP contribution in [0.25, 0.3) is 12.2 Å². The van der Waals surface area contributed by atoms with Crippen LogP contribution in [0.2, 0.25) is 5.02 Å². The van der Waals surface area contributed by atoms with E-state index in [0.717, 1.165) is 5.56 Å². The van der Waals surface area contributed by atoms with E-state index in [1.807, 2.05) is 0 Å². The summed E-state index contributed by atoms with van der Waals surface area (Å²) in [5, 5.41) is 8.14. The first kappa shape index (κ1) is 16.8. The second kappa shape index (κ2) is 7.23. The van der Waals surface area contributed by atoms with Gasteiger partial charge in [-0.2, -0.15) is 0 Å². The maximum atomic E-state index is 13.2. The topological polar surface area (TPSA) is 38.9 Å². The van der Waals surface area contributed by atoms with E-state index in [2.05, 4.69) is 26.1 Å². The van der Waals surface area contributed by atoms with E-state index in [4.69, 9.17) is 16.0 Å². The number of aromatic nitrogens is 2. The Morgan fingerprint density at radius 1 is 1.08 bits per heavy atom. The van der Waals surface area contributed by atoms with Gasteiger partial charge < -0.3 is 4.42 Å². The van der Waals surface area contributed by atoms with Crippen molar-refractivity contribution in [3.05, 3.63) is 80.4 Å². The van der Waals surface area contributed by atoms with Crippen molar-refractivity contribution in [3.63, 3.8) is 0 Å². The maximum absolute atomic E-state index is 13.2. The molecular weight excluding hydrogens is 402 g/mol. The summed E-state index contributed by atoms with van der Waals surface area (Å²) in [6.45, 7) is 0. The predicted molar refractivity (Wildman–Crippen MR) is 91.5 cm³/mol. The zero-order valence-corrected chi connectivity index (χ0v) is 14.5. The van der Waals surface area contributed by atoms with Crippen molar-refractivity contribution in [1.29, 1.82) is 0 Å². The molecule has 24 heavy (non-hydrogen) atoms. The minimum atomic E-state index is -0.400. The quantitative estimate of drug-likeness (QED) is 0.567. The van der Waals surface area contributed by atoms with Crippen LogP contribution in [0.5, 0.6) is 0 Å². The molecule has 3 aromatic rings. The van der Waals surface area contributed by atoms with Crippen molar-refractivity contribution in [3.8, 4) is 0 Å². The lowest BCUT2D eigenvalue weighted by molar-refractivity contribution is 0.496. The third-order valence-corrected chi connectivity index (χ3v) is 4.12. The van der Waals surface area contributed by atoms with Gasteiger partial charge in [0.05, 0.1) is 15.9 Å². The molecule has 0 atom stereocenters. The molecule has 2 aromatic carbocycles. The van der Waals surface area contributed by atoms with Gasteiger partial charge in [0.25, 0.3) is 0 Å². The molecule has 0 spiro atoms. The lowest BCUT2D eigenvalue weighted by Gasteiger charge is -1.99. The molecule has 1 aromatic heterocycles. The second-order valence-electron chi connectivity index (χ2n) is 4.96. The van der Waals surface area contributed by atoms with Crippen molar-refractivity contribution >= 4 is 39.7 Å². The predicted octanol–water partition coefficient (Wildman–Crippen LogP) is 5.52. The summed E-state index contributed by atoms with van der Waals surface area (Å²) in [5.74, 6) is -0.0308. The molecule has 122 valence electrons. The van der Waals surface area contributed by atoms with Crippen molar-refractivity contribution in [1.82, 2.24) is 10.2 Å². The molecule has 0 aliphatic carbocycles. The zero-order valence-electron chi connectivity index (χ0n) is 12.1. The highest BCUT2D eigenvalue weighted by Gasteiger charge is 2.07. The molecule has 3 rings (SSSR count). The molecule has 0 unspecified atom stereocenters. The minimum absolute atomic E-state index is 0.294. The Bertz CT molecular complexity index is 911. The van der Waals surface area contributed by atoms with Crippen LogP contribution in [0.4, 0.5) is 8.78 Å². The molecule has 7 heteroatoms. The fourth-order valence-corrected chi connectivity index (χ4v) is 2.68. The van der Waals surface area contributed by atoms with E-state index < -0.39 is 5.82 Å². The zero-order chi connectivity index (χ0) is 17.1. The van der Waals surface area contributed by atoms with Gasteiger partial charge in [0.1, 0.15) is 11.6 Å². The standard InChI is InChI=1S/C17H10BrClF2N2O/c18-13-7-10(1-5-15(13)21)8-17-23-22-16(24-17)6-3-11-2-4-12(20)9-14(11)19/h1-7,9H,8H2. The molecule has 3 nitrogen and oxygen atoms in total. The van der Waals surface area contributed by atoms with Gasteiger partial charge in [-0.1, -0.05) is 23.7 Å². The number of hydrogen-bond acceptors (Lipinski definition) is 3. The Balaban J connectivity index is 1.73. The fourth-order valence-electron chi connectivity index (χ4n) is 2.03. The first-order valence-electron chi connectivity index (χ1n) is 6.91. The van der Waals surface area contributed by atoms with E-state index >= 15 is 0 Å². The molecule has 0 saturated carbocycles. The molecule has 0 radical (unpaired) electrons. The number of benzene rings is 2. The number of hydrogen-bond donors (Lipinski definition) is 0. The Labute approximate surface area is 150 Å². The normalized spacial score (nSPS) is 11.3. The lowest BCUT2D eigenvalue weighted by atomic mass is 10.1. The minimum Gasteiger partial charge on any atom is -0.421 e. The van der Waals surface area contributed by atoms with Crippen LogP contribution >= 0.6 is 27.5 Å². The Morgan fingerprint density at radius 3 is 2.67 bits per heavy atom. The Morgan fingerprint density at radius 2 is 1.92 bits per heavy atom. The summed E-state index contributed by atoms with van der Waals surface area (Å²) in [5.41, 5.74) is 1.48. The van der Waals surface area contributed by atoms with Crippen LogP contribution in [0.15, 0.2) is 45.3 Å². The first-order valence-corrected chi connectivity index (χ1v) is 8.08. The molecule has 1 heterocycles. The summed E-state index contributed by atoms with van der Waals surface area (Å²) >= 11 is 9.08. The molecule has 0 bridgehead atoms. The molecule has 0 N–H and O–H groups in total. The number of halogens is 4. The van der Waals surface area contributed by atoms with Crippen molar-refractivity contribution in [2.75, 3.05) is 0 Å². The third-order valence-electron chi connectivity index (χ3n) is 3.19. The van der Waals surface area contributed by atoms with Gasteiger partial charge in [-0.25, -0.2) is 8.78 Å². The van der Waals surface area contributed by atoms with Crippen LogP contribution in [-0.2, 0) is 6.42 Å². The van der Waals surface area contributed by atoms with Gasteiger partial charge in [0.15, 0.2) is 0 Å². The summed E-state index contributed by atoms with van der Waals surface area (Å²) in [6, 6.07) is 8.78. The number of rotatable bonds is 4. The lowest BCUT2D eigenvalue weighted by Crippen LogP contribution is -1.89. The summed E-state index contributed by atoms with van der Waals surface area (Å²) in [6.07, 6.45) is 3.64. The largest absolute Gasteiger partial charge is 0.421 e. The average molecular weight is 412 g/mol. The molecule has 0 aliphatic heterocycles. The Hall–Kier alpha value is -2.05. The Kier molecular flexibility index (Phi) is 5.06. The molecule has 0 fully saturated rings. The van der Waals surface area contributed by atoms with E-state index in [1.54, 1.807) is 30.4 Å². The van der Waals surface area contributed by atoms with Crippen LogP contribution in [-0.4, -0.2) is 10.2 Å². The van der Waals surface area contributed by atoms with Crippen molar-refractivity contribution < 1.29 is 13.2 Å². The van der Waals surface area contributed by atoms with E-state index in [0.29, 0.717) is 33.3 Å². The smallest absolute Gasteiger partial charge is 0.240 e. The van der Waals surface area contributed by atoms with Gasteiger partial charge in [0, 0.05) is 6.08 Å². The van der Waals surface area contributed by atoms with Gasteiger partial charge in [-0.15, -0.1) is 10.2 Å². The summed E-state index contributed by atoms with van der Waals surface area (Å²) < 4.78 is 32.1.